The molecule has 0 aromatic carbocycles. The van der Waals surface area contributed by atoms with Gasteiger partial charge in [0, 0.05) is 32.3 Å². The first-order valence-corrected chi connectivity index (χ1v) is 6.21. The fourth-order valence-electron chi connectivity index (χ4n) is 1.59. The van der Waals surface area contributed by atoms with Crippen molar-refractivity contribution in [1.82, 2.24) is 10.2 Å². The molecule has 0 fully saturated rings. The van der Waals surface area contributed by atoms with Gasteiger partial charge in [-0.25, -0.2) is 0 Å². The fraction of sp³-hybridized carbons (Fsp3) is 1.00. The number of nitrogens with one attached hydrogen (secondary N) is 1. The standard InChI is InChI=1S/C13H30N2O/c1-8-13(5,16-7)11-15(6)10-9-14-12(2,3)4/h14H,8-11H2,1-7H3. The van der Waals surface area contributed by atoms with Crippen LogP contribution in [0.15, 0.2) is 0 Å². The zero-order valence-electron chi connectivity index (χ0n) is 12.2. The Bertz CT molecular complexity index is 183. The number of hydrogen-bond acceptors (Lipinski definition) is 3. The Hall–Kier alpha value is -0.120. The van der Waals surface area contributed by atoms with E-state index in [1.54, 1.807) is 7.11 Å². The van der Waals surface area contributed by atoms with E-state index in [0.29, 0.717) is 0 Å². The minimum Gasteiger partial charge on any atom is -0.377 e. The Morgan fingerprint density at radius 1 is 1.19 bits per heavy atom. The number of rotatable bonds is 7. The van der Waals surface area contributed by atoms with Crippen LogP contribution in [0.5, 0.6) is 0 Å². The maximum Gasteiger partial charge on any atom is 0.0774 e. The largest absolute Gasteiger partial charge is 0.377 e. The molecule has 0 aliphatic heterocycles. The van der Waals surface area contributed by atoms with Crippen molar-refractivity contribution in [2.75, 3.05) is 33.8 Å². The van der Waals surface area contributed by atoms with Crippen molar-refractivity contribution in [1.29, 1.82) is 0 Å². The van der Waals surface area contributed by atoms with Crippen LogP contribution in [0.3, 0.4) is 0 Å². The van der Waals surface area contributed by atoms with Crippen molar-refractivity contribution >= 4 is 0 Å². The number of methoxy groups -OCH3 is 1. The molecule has 0 saturated carbocycles. The molecule has 0 aliphatic rings. The summed E-state index contributed by atoms with van der Waals surface area (Å²) in [7, 11) is 3.95. The van der Waals surface area contributed by atoms with Crippen LogP contribution in [-0.2, 0) is 4.74 Å². The van der Waals surface area contributed by atoms with Crippen molar-refractivity contribution in [3.8, 4) is 0 Å². The third-order valence-electron chi connectivity index (χ3n) is 2.99. The molecule has 16 heavy (non-hydrogen) atoms. The zero-order chi connectivity index (χ0) is 12.8. The van der Waals surface area contributed by atoms with Gasteiger partial charge in [0.25, 0.3) is 0 Å². The molecular formula is C13H30N2O. The fourth-order valence-corrected chi connectivity index (χ4v) is 1.59. The lowest BCUT2D eigenvalue weighted by atomic mass is 10.0. The van der Waals surface area contributed by atoms with Crippen LogP contribution in [0.4, 0.5) is 0 Å². The highest BCUT2D eigenvalue weighted by Crippen LogP contribution is 2.14. The summed E-state index contributed by atoms with van der Waals surface area (Å²) < 4.78 is 5.54. The maximum absolute atomic E-state index is 5.54. The molecule has 3 heteroatoms. The molecule has 0 amide bonds. The normalized spacial score (nSPS) is 16.5. The lowest BCUT2D eigenvalue weighted by Gasteiger charge is -2.32. The number of ether oxygens (including phenoxy) is 1. The van der Waals surface area contributed by atoms with Gasteiger partial charge in [0.15, 0.2) is 0 Å². The molecule has 0 bridgehead atoms. The molecule has 3 nitrogen and oxygen atoms in total. The summed E-state index contributed by atoms with van der Waals surface area (Å²) in [6.45, 7) is 14.0. The molecule has 0 radical (unpaired) electrons. The van der Waals surface area contributed by atoms with Crippen LogP contribution in [0.25, 0.3) is 0 Å². The van der Waals surface area contributed by atoms with Gasteiger partial charge in [0.05, 0.1) is 5.60 Å². The SMILES string of the molecule is CCC(C)(CN(C)CCNC(C)(C)C)OC. The summed E-state index contributed by atoms with van der Waals surface area (Å²) in [5.41, 5.74) is 0.187. The maximum atomic E-state index is 5.54. The minimum absolute atomic E-state index is 0.0174. The third kappa shape index (κ3) is 7.20. The molecule has 98 valence electrons. The molecule has 1 atom stereocenters. The molecule has 1 N–H and O–H groups in total. The Balaban J connectivity index is 3.86. The van der Waals surface area contributed by atoms with Gasteiger partial charge in [0.2, 0.25) is 0 Å². The smallest absolute Gasteiger partial charge is 0.0774 e. The molecule has 0 spiro atoms. The summed E-state index contributed by atoms with van der Waals surface area (Å²) in [4.78, 5) is 2.33. The summed E-state index contributed by atoms with van der Waals surface area (Å²) >= 11 is 0. The van der Waals surface area contributed by atoms with Crippen LogP contribution >= 0.6 is 0 Å². The number of nitrogens with zero attached hydrogens (tertiary/aromatic N) is 1. The molecule has 0 heterocycles. The Morgan fingerprint density at radius 3 is 2.12 bits per heavy atom. The average Bonchev–Trinajstić information content (AvgIpc) is 2.15. The molecule has 0 aromatic heterocycles. The van der Waals surface area contributed by atoms with Crippen LogP contribution in [0.1, 0.15) is 41.0 Å². The minimum atomic E-state index is -0.0174. The van der Waals surface area contributed by atoms with Crippen LogP contribution in [0, 0.1) is 0 Å². The van der Waals surface area contributed by atoms with E-state index < -0.39 is 0 Å². The molecule has 0 saturated heterocycles. The molecule has 0 rings (SSSR count). The first kappa shape index (κ1) is 15.9. The van der Waals surface area contributed by atoms with Gasteiger partial charge in [-0.15, -0.1) is 0 Å². The molecule has 0 aliphatic carbocycles. The predicted molar refractivity (Wildman–Crippen MR) is 71.0 cm³/mol. The van der Waals surface area contributed by atoms with Crippen LogP contribution < -0.4 is 5.32 Å². The second kappa shape index (κ2) is 6.58. The van der Waals surface area contributed by atoms with E-state index >= 15 is 0 Å². The monoisotopic (exact) mass is 230 g/mol. The van der Waals surface area contributed by atoms with E-state index in [1.807, 2.05) is 0 Å². The van der Waals surface area contributed by atoms with Gasteiger partial charge in [-0.05, 0) is 41.2 Å². The summed E-state index contributed by atoms with van der Waals surface area (Å²) in [5.74, 6) is 0. The van der Waals surface area contributed by atoms with Gasteiger partial charge in [-0.2, -0.15) is 0 Å². The van der Waals surface area contributed by atoms with Gasteiger partial charge in [-0.1, -0.05) is 6.92 Å². The van der Waals surface area contributed by atoms with Gasteiger partial charge in [-0.3, -0.25) is 0 Å². The highest BCUT2D eigenvalue weighted by atomic mass is 16.5. The number of likely N-dealkylation sites (N-methyl/N-ethyl adjacent to an activating group) is 1. The average molecular weight is 230 g/mol. The van der Waals surface area contributed by atoms with Crippen molar-refractivity contribution < 1.29 is 4.74 Å². The Morgan fingerprint density at radius 2 is 1.75 bits per heavy atom. The highest BCUT2D eigenvalue weighted by Gasteiger charge is 2.22. The second-order valence-corrected chi connectivity index (χ2v) is 5.92. The van der Waals surface area contributed by atoms with E-state index in [1.165, 1.54) is 0 Å². The van der Waals surface area contributed by atoms with Gasteiger partial charge >= 0.3 is 0 Å². The van der Waals surface area contributed by atoms with Crippen molar-refractivity contribution in [2.45, 2.75) is 52.2 Å². The van der Waals surface area contributed by atoms with Crippen molar-refractivity contribution in [2.24, 2.45) is 0 Å². The Labute approximate surface area is 102 Å². The van der Waals surface area contributed by atoms with E-state index in [4.69, 9.17) is 4.74 Å². The van der Waals surface area contributed by atoms with Gasteiger partial charge < -0.3 is 15.0 Å². The first-order chi connectivity index (χ1) is 7.22. The lowest BCUT2D eigenvalue weighted by molar-refractivity contribution is -0.0199. The van der Waals surface area contributed by atoms with Crippen LogP contribution in [0.2, 0.25) is 0 Å². The molecular weight excluding hydrogens is 200 g/mol. The quantitative estimate of drug-likeness (QED) is 0.725. The summed E-state index contributed by atoms with van der Waals surface area (Å²) in [5, 5.41) is 3.49. The Kier molecular flexibility index (Phi) is 6.53. The molecule has 1 unspecified atom stereocenters. The lowest BCUT2D eigenvalue weighted by Crippen LogP contribution is -2.45. The van der Waals surface area contributed by atoms with Crippen molar-refractivity contribution in [3.63, 3.8) is 0 Å². The number of hydrogen-bond donors (Lipinski definition) is 1. The topological polar surface area (TPSA) is 24.5 Å². The van der Waals surface area contributed by atoms with E-state index in [0.717, 1.165) is 26.1 Å². The highest BCUT2D eigenvalue weighted by molar-refractivity contribution is 4.77. The third-order valence-corrected chi connectivity index (χ3v) is 2.99. The zero-order valence-corrected chi connectivity index (χ0v) is 12.2. The van der Waals surface area contributed by atoms with Gasteiger partial charge in [0.1, 0.15) is 0 Å². The van der Waals surface area contributed by atoms with E-state index in [2.05, 4.69) is 51.9 Å². The summed E-state index contributed by atoms with van der Waals surface area (Å²) in [6.07, 6.45) is 1.04. The molecule has 0 aromatic rings. The first-order valence-electron chi connectivity index (χ1n) is 6.21. The summed E-state index contributed by atoms with van der Waals surface area (Å²) in [6, 6.07) is 0. The van der Waals surface area contributed by atoms with Crippen molar-refractivity contribution in [3.05, 3.63) is 0 Å². The van der Waals surface area contributed by atoms with E-state index in [9.17, 15) is 0 Å². The predicted octanol–water partition coefficient (Wildman–Crippen LogP) is 2.12. The van der Waals surface area contributed by atoms with Crippen LogP contribution in [-0.4, -0.2) is 49.8 Å². The second-order valence-electron chi connectivity index (χ2n) is 5.92. The van der Waals surface area contributed by atoms with E-state index in [-0.39, 0.29) is 11.1 Å².